The molecule has 5 nitrogen and oxygen atoms in total. The molecule has 0 amide bonds. The van der Waals surface area contributed by atoms with Gasteiger partial charge in [-0.1, -0.05) is 30.3 Å². The van der Waals surface area contributed by atoms with Crippen LogP contribution in [0, 0.1) is 5.92 Å². The Balaban J connectivity index is 1.37. The van der Waals surface area contributed by atoms with E-state index in [2.05, 4.69) is 69.3 Å². The highest BCUT2D eigenvalue weighted by Crippen LogP contribution is 2.20. The summed E-state index contributed by atoms with van der Waals surface area (Å²) < 4.78 is 0. The Labute approximate surface area is 171 Å². The van der Waals surface area contributed by atoms with Gasteiger partial charge in [-0.05, 0) is 64.2 Å². The van der Waals surface area contributed by atoms with E-state index in [4.69, 9.17) is 0 Å². The van der Waals surface area contributed by atoms with Crippen molar-refractivity contribution in [3.05, 3.63) is 35.9 Å². The monoisotopic (exact) mass is 385 g/mol. The molecule has 0 saturated carbocycles. The summed E-state index contributed by atoms with van der Waals surface area (Å²) in [5.74, 6) is 1.88. The van der Waals surface area contributed by atoms with Crippen molar-refractivity contribution in [1.29, 1.82) is 0 Å². The SMILES string of the molecule is CN=C(NCCC(C)N(C)Cc1ccccc1)N1CCC(CN2CCCC2)C1. The highest BCUT2D eigenvalue weighted by atomic mass is 15.3. The van der Waals surface area contributed by atoms with Crippen LogP contribution in [0.15, 0.2) is 35.3 Å². The van der Waals surface area contributed by atoms with Crippen LogP contribution in [0.5, 0.6) is 0 Å². The van der Waals surface area contributed by atoms with Crippen molar-refractivity contribution in [2.75, 3.05) is 53.4 Å². The van der Waals surface area contributed by atoms with E-state index in [1.807, 2.05) is 7.05 Å². The molecule has 1 N–H and O–H groups in total. The Bertz CT molecular complexity index is 596. The van der Waals surface area contributed by atoms with Gasteiger partial charge in [0.15, 0.2) is 5.96 Å². The first-order chi connectivity index (χ1) is 13.7. The Hall–Kier alpha value is -1.59. The van der Waals surface area contributed by atoms with Gasteiger partial charge in [0.1, 0.15) is 0 Å². The van der Waals surface area contributed by atoms with E-state index in [1.54, 1.807) is 0 Å². The number of benzene rings is 1. The predicted molar refractivity (Wildman–Crippen MR) is 119 cm³/mol. The summed E-state index contributed by atoms with van der Waals surface area (Å²) in [6.07, 6.45) is 5.19. The van der Waals surface area contributed by atoms with Crippen molar-refractivity contribution < 1.29 is 0 Å². The third-order valence-corrected chi connectivity index (χ3v) is 6.38. The molecule has 28 heavy (non-hydrogen) atoms. The van der Waals surface area contributed by atoms with Crippen LogP contribution in [0.2, 0.25) is 0 Å². The summed E-state index contributed by atoms with van der Waals surface area (Å²) in [6, 6.07) is 11.3. The fourth-order valence-electron chi connectivity index (χ4n) is 4.48. The lowest BCUT2D eigenvalue weighted by molar-refractivity contribution is 0.238. The minimum Gasteiger partial charge on any atom is -0.356 e. The van der Waals surface area contributed by atoms with Crippen LogP contribution in [0.25, 0.3) is 0 Å². The molecule has 1 aromatic rings. The fraction of sp³-hybridized carbons (Fsp3) is 0.696. The van der Waals surface area contributed by atoms with Gasteiger partial charge in [-0.2, -0.15) is 0 Å². The molecule has 2 atom stereocenters. The molecule has 2 heterocycles. The third kappa shape index (κ3) is 6.21. The number of rotatable bonds is 8. The van der Waals surface area contributed by atoms with Crippen molar-refractivity contribution in [2.45, 2.75) is 45.2 Å². The summed E-state index contributed by atoms with van der Waals surface area (Å²) in [4.78, 5) is 12.1. The highest BCUT2D eigenvalue weighted by molar-refractivity contribution is 5.80. The van der Waals surface area contributed by atoms with Gasteiger partial charge in [-0.15, -0.1) is 0 Å². The molecule has 2 aliphatic heterocycles. The van der Waals surface area contributed by atoms with Crippen LogP contribution in [-0.4, -0.2) is 80.1 Å². The predicted octanol–water partition coefficient (Wildman–Crippen LogP) is 2.89. The number of nitrogens with zero attached hydrogens (tertiary/aromatic N) is 4. The van der Waals surface area contributed by atoms with Crippen molar-refractivity contribution in [3.8, 4) is 0 Å². The molecule has 0 radical (unpaired) electrons. The van der Waals surface area contributed by atoms with Gasteiger partial charge in [-0.25, -0.2) is 0 Å². The first-order valence-electron chi connectivity index (χ1n) is 11.1. The van der Waals surface area contributed by atoms with E-state index in [0.29, 0.717) is 6.04 Å². The molecule has 3 rings (SSSR count). The van der Waals surface area contributed by atoms with Gasteiger partial charge >= 0.3 is 0 Å². The van der Waals surface area contributed by atoms with Crippen LogP contribution in [0.4, 0.5) is 0 Å². The zero-order valence-electron chi connectivity index (χ0n) is 18.1. The Morgan fingerprint density at radius 3 is 2.68 bits per heavy atom. The van der Waals surface area contributed by atoms with Crippen LogP contribution in [0.3, 0.4) is 0 Å². The van der Waals surface area contributed by atoms with E-state index in [-0.39, 0.29) is 0 Å². The first kappa shape index (κ1) is 21.1. The molecule has 2 saturated heterocycles. The second-order valence-corrected chi connectivity index (χ2v) is 8.62. The van der Waals surface area contributed by atoms with E-state index >= 15 is 0 Å². The molecule has 156 valence electrons. The minimum atomic E-state index is 0.535. The smallest absolute Gasteiger partial charge is 0.193 e. The summed E-state index contributed by atoms with van der Waals surface area (Å²) >= 11 is 0. The Morgan fingerprint density at radius 1 is 1.21 bits per heavy atom. The maximum atomic E-state index is 4.55. The Morgan fingerprint density at radius 2 is 1.96 bits per heavy atom. The number of likely N-dealkylation sites (tertiary alicyclic amines) is 2. The lowest BCUT2D eigenvalue weighted by atomic mass is 10.1. The molecule has 0 spiro atoms. The molecule has 1 aromatic carbocycles. The largest absolute Gasteiger partial charge is 0.356 e. The molecule has 0 bridgehead atoms. The van der Waals surface area contributed by atoms with E-state index < -0.39 is 0 Å². The number of nitrogens with one attached hydrogen (secondary N) is 1. The lowest BCUT2D eigenvalue weighted by Gasteiger charge is -2.27. The second kappa shape index (κ2) is 10.8. The summed E-state index contributed by atoms with van der Waals surface area (Å²) in [6.45, 7) is 10.5. The molecule has 5 heteroatoms. The van der Waals surface area contributed by atoms with E-state index in [1.165, 1.54) is 44.5 Å². The topological polar surface area (TPSA) is 34.1 Å². The standard InChI is InChI=1S/C23H39N5/c1-20(26(3)17-21-9-5-4-6-10-21)11-13-25-23(24-2)28-16-12-22(19-28)18-27-14-7-8-15-27/h4-6,9-10,20,22H,7-8,11-19H2,1-3H3,(H,24,25). The normalized spacial score (nSPS) is 22.2. The quantitative estimate of drug-likeness (QED) is 0.551. The van der Waals surface area contributed by atoms with Gasteiger partial charge in [-0.3, -0.25) is 9.89 Å². The van der Waals surface area contributed by atoms with Crippen LogP contribution in [-0.2, 0) is 6.54 Å². The first-order valence-corrected chi connectivity index (χ1v) is 11.1. The van der Waals surface area contributed by atoms with Gasteiger partial charge in [0.05, 0.1) is 0 Å². The van der Waals surface area contributed by atoms with Crippen LogP contribution in [0.1, 0.15) is 38.2 Å². The summed E-state index contributed by atoms with van der Waals surface area (Å²) in [5, 5.41) is 3.61. The number of hydrogen-bond acceptors (Lipinski definition) is 3. The van der Waals surface area contributed by atoms with Gasteiger partial charge in [0.2, 0.25) is 0 Å². The molecule has 2 unspecified atom stereocenters. The summed E-state index contributed by atoms with van der Waals surface area (Å²) in [5.41, 5.74) is 1.38. The van der Waals surface area contributed by atoms with Crippen molar-refractivity contribution in [1.82, 2.24) is 20.0 Å². The summed E-state index contributed by atoms with van der Waals surface area (Å²) in [7, 11) is 4.14. The van der Waals surface area contributed by atoms with Crippen LogP contribution >= 0.6 is 0 Å². The van der Waals surface area contributed by atoms with Crippen LogP contribution < -0.4 is 5.32 Å². The number of guanidine groups is 1. The lowest BCUT2D eigenvalue weighted by Crippen LogP contribution is -2.42. The molecule has 2 aliphatic rings. The van der Waals surface area contributed by atoms with Crippen molar-refractivity contribution >= 4 is 5.96 Å². The average Bonchev–Trinajstić information content (AvgIpc) is 3.38. The second-order valence-electron chi connectivity index (χ2n) is 8.62. The molecule has 0 aromatic heterocycles. The molecule has 2 fully saturated rings. The van der Waals surface area contributed by atoms with Crippen molar-refractivity contribution in [3.63, 3.8) is 0 Å². The fourth-order valence-corrected chi connectivity index (χ4v) is 4.48. The van der Waals surface area contributed by atoms with E-state index in [9.17, 15) is 0 Å². The highest BCUT2D eigenvalue weighted by Gasteiger charge is 2.27. The number of hydrogen-bond donors (Lipinski definition) is 1. The zero-order chi connectivity index (χ0) is 19.8. The van der Waals surface area contributed by atoms with Gasteiger partial charge in [0.25, 0.3) is 0 Å². The maximum Gasteiger partial charge on any atom is 0.193 e. The Kier molecular flexibility index (Phi) is 8.16. The minimum absolute atomic E-state index is 0.535. The van der Waals surface area contributed by atoms with Crippen molar-refractivity contribution in [2.24, 2.45) is 10.9 Å². The maximum absolute atomic E-state index is 4.55. The number of aliphatic imine (C=N–C) groups is 1. The van der Waals surface area contributed by atoms with E-state index in [0.717, 1.165) is 44.5 Å². The molecular formula is C23H39N5. The van der Waals surface area contributed by atoms with Gasteiger partial charge in [0, 0.05) is 45.8 Å². The molecular weight excluding hydrogens is 346 g/mol. The third-order valence-electron chi connectivity index (χ3n) is 6.38. The average molecular weight is 386 g/mol. The zero-order valence-corrected chi connectivity index (χ0v) is 18.1. The van der Waals surface area contributed by atoms with Gasteiger partial charge < -0.3 is 15.1 Å². The molecule has 0 aliphatic carbocycles.